The fraction of sp³-hybridized carbons (Fsp3) is 0.278. The minimum Gasteiger partial charge on any atom is -0.200 e. The van der Waals surface area contributed by atoms with Crippen molar-refractivity contribution in [3.8, 4) is 11.1 Å². The Kier molecular flexibility index (Phi) is 3.83. The van der Waals surface area contributed by atoms with Crippen LogP contribution in [0.1, 0.15) is 38.2 Å². The zero-order valence-electron chi connectivity index (χ0n) is 12.0. The molecule has 0 spiro atoms. The zero-order valence-corrected chi connectivity index (χ0v) is 12.8. The van der Waals surface area contributed by atoms with E-state index in [1.807, 2.05) is 6.20 Å². The van der Waals surface area contributed by atoms with Gasteiger partial charge in [-0.1, -0.05) is 44.2 Å². The monoisotopic (exact) mass is 281 g/mol. The van der Waals surface area contributed by atoms with Gasteiger partial charge >= 0.3 is 0 Å². The van der Waals surface area contributed by atoms with Gasteiger partial charge in [0.05, 0.1) is 4.70 Å². The molecule has 3 rings (SSSR count). The topological polar surface area (TPSA) is 12.9 Å². The normalized spacial score (nSPS) is 11.3. The van der Waals surface area contributed by atoms with Gasteiger partial charge in [0.1, 0.15) is 0 Å². The van der Waals surface area contributed by atoms with Crippen molar-refractivity contribution in [2.45, 2.75) is 32.6 Å². The number of benzene rings is 2. The Balaban J connectivity index is 1.93. The van der Waals surface area contributed by atoms with E-state index in [4.69, 9.17) is 0 Å². The van der Waals surface area contributed by atoms with Crippen LogP contribution in [0.2, 0.25) is 0 Å². The lowest BCUT2D eigenvalue weighted by molar-refractivity contribution is 0.642. The van der Waals surface area contributed by atoms with Crippen molar-refractivity contribution in [1.82, 2.24) is 4.37 Å². The van der Waals surface area contributed by atoms with Gasteiger partial charge in [-0.3, -0.25) is 0 Å². The second-order valence-corrected chi connectivity index (χ2v) is 6.05. The summed E-state index contributed by atoms with van der Waals surface area (Å²) < 4.78 is 5.49. The van der Waals surface area contributed by atoms with Crippen molar-refractivity contribution in [1.29, 1.82) is 0 Å². The van der Waals surface area contributed by atoms with Gasteiger partial charge in [0.25, 0.3) is 0 Å². The fourth-order valence-electron chi connectivity index (χ4n) is 2.76. The molecule has 0 N–H and O–H groups in total. The number of rotatable bonds is 4. The van der Waals surface area contributed by atoms with Gasteiger partial charge in [0.2, 0.25) is 0 Å². The molecule has 0 radical (unpaired) electrons. The molecule has 102 valence electrons. The standard InChI is InChI=1S/C18H19NS/c1-3-13(4-2)14-5-7-15(8-6-14)16-9-10-18-17(11-16)12-19-20-18/h5-13H,3-4H2,1-2H3. The lowest BCUT2D eigenvalue weighted by atomic mass is 9.92. The summed E-state index contributed by atoms with van der Waals surface area (Å²) in [7, 11) is 0. The molecular formula is C18H19NS. The van der Waals surface area contributed by atoms with Gasteiger partial charge in [-0.05, 0) is 59.1 Å². The summed E-state index contributed by atoms with van der Waals surface area (Å²) in [4.78, 5) is 0. The maximum atomic E-state index is 4.24. The summed E-state index contributed by atoms with van der Waals surface area (Å²) in [5, 5.41) is 1.23. The molecule has 20 heavy (non-hydrogen) atoms. The third kappa shape index (κ3) is 2.48. The fourth-order valence-corrected chi connectivity index (χ4v) is 3.39. The summed E-state index contributed by atoms with van der Waals surface area (Å²) in [6.45, 7) is 4.53. The Morgan fingerprint density at radius 2 is 1.65 bits per heavy atom. The van der Waals surface area contributed by atoms with E-state index in [1.54, 1.807) is 11.5 Å². The lowest BCUT2D eigenvalue weighted by Crippen LogP contribution is -1.94. The van der Waals surface area contributed by atoms with Crippen molar-refractivity contribution in [3.63, 3.8) is 0 Å². The molecule has 0 saturated carbocycles. The minimum absolute atomic E-state index is 0.688. The Morgan fingerprint density at radius 1 is 0.950 bits per heavy atom. The number of hydrogen-bond donors (Lipinski definition) is 0. The highest BCUT2D eigenvalue weighted by Gasteiger charge is 2.07. The smallest absolute Gasteiger partial charge is 0.0550 e. The van der Waals surface area contributed by atoms with Crippen LogP contribution in [0.4, 0.5) is 0 Å². The predicted molar refractivity (Wildman–Crippen MR) is 88.4 cm³/mol. The molecule has 1 heterocycles. The maximum Gasteiger partial charge on any atom is 0.0550 e. The Hall–Kier alpha value is -1.67. The Bertz CT molecular complexity index is 693. The van der Waals surface area contributed by atoms with Crippen molar-refractivity contribution in [3.05, 3.63) is 54.2 Å². The number of hydrogen-bond acceptors (Lipinski definition) is 2. The van der Waals surface area contributed by atoms with Gasteiger partial charge in [-0.2, -0.15) is 4.37 Å². The van der Waals surface area contributed by atoms with Crippen molar-refractivity contribution < 1.29 is 0 Å². The van der Waals surface area contributed by atoms with Crippen LogP contribution >= 0.6 is 11.5 Å². The molecule has 0 bridgehead atoms. The minimum atomic E-state index is 0.688. The second-order valence-electron chi connectivity index (χ2n) is 5.21. The van der Waals surface area contributed by atoms with Crippen LogP contribution in [0, 0.1) is 0 Å². The quantitative estimate of drug-likeness (QED) is 0.583. The zero-order chi connectivity index (χ0) is 13.9. The Labute approximate surface area is 124 Å². The van der Waals surface area contributed by atoms with E-state index in [9.17, 15) is 0 Å². The van der Waals surface area contributed by atoms with E-state index in [-0.39, 0.29) is 0 Å². The van der Waals surface area contributed by atoms with Crippen molar-refractivity contribution >= 4 is 21.6 Å². The van der Waals surface area contributed by atoms with E-state index < -0.39 is 0 Å². The van der Waals surface area contributed by atoms with E-state index in [0.29, 0.717) is 5.92 Å². The second kappa shape index (κ2) is 5.76. The summed E-state index contributed by atoms with van der Waals surface area (Å²) in [5.74, 6) is 0.688. The largest absolute Gasteiger partial charge is 0.200 e. The molecule has 2 heteroatoms. The molecule has 1 aromatic heterocycles. The molecular weight excluding hydrogens is 262 g/mol. The molecule has 0 saturated heterocycles. The third-order valence-electron chi connectivity index (χ3n) is 4.05. The summed E-state index contributed by atoms with van der Waals surface area (Å²) >= 11 is 1.55. The van der Waals surface area contributed by atoms with Crippen LogP contribution in [0.15, 0.2) is 48.7 Å². The van der Waals surface area contributed by atoms with E-state index in [0.717, 1.165) is 0 Å². The molecule has 2 aromatic carbocycles. The third-order valence-corrected chi connectivity index (χ3v) is 4.83. The van der Waals surface area contributed by atoms with Gasteiger partial charge in [-0.15, -0.1) is 0 Å². The van der Waals surface area contributed by atoms with E-state index in [2.05, 4.69) is 60.7 Å². The molecule has 1 nitrogen and oxygen atoms in total. The predicted octanol–water partition coefficient (Wildman–Crippen LogP) is 5.87. The van der Waals surface area contributed by atoms with Crippen molar-refractivity contribution in [2.75, 3.05) is 0 Å². The summed E-state index contributed by atoms with van der Waals surface area (Å²) in [6.07, 6.45) is 4.37. The summed E-state index contributed by atoms with van der Waals surface area (Å²) in [5.41, 5.74) is 4.01. The van der Waals surface area contributed by atoms with Crippen LogP contribution in [-0.4, -0.2) is 4.37 Å². The van der Waals surface area contributed by atoms with Gasteiger partial charge in [0, 0.05) is 11.6 Å². The average Bonchev–Trinajstić information content (AvgIpc) is 2.96. The molecule has 0 aliphatic rings. The Morgan fingerprint density at radius 3 is 2.35 bits per heavy atom. The lowest BCUT2D eigenvalue weighted by Gasteiger charge is -2.13. The number of nitrogens with zero attached hydrogens (tertiary/aromatic N) is 1. The summed E-state index contributed by atoms with van der Waals surface area (Å²) in [6, 6.07) is 15.6. The molecule has 0 aliphatic heterocycles. The number of fused-ring (bicyclic) bond motifs is 1. The van der Waals surface area contributed by atoms with Crippen molar-refractivity contribution in [2.24, 2.45) is 0 Å². The molecule has 3 aromatic rings. The number of aromatic nitrogens is 1. The van der Waals surface area contributed by atoms with Crippen LogP contribution in [0.25, 0.3) is 21.2 Å². The first-order chi connectivity index (χ1) is 9.81. The molecule has 0 fully saturated rings. The first-order valence-corrected chi connectivity index (χ1v) is 8.04. The van der Waals surface area contributed by atoms with Gasteiger partial charge < -0.3 is 0 Å². The molecule has 0 aliphatic carbocycles. The highest BCUT2D eigenvalue weighted by Crippen LogP contribution is 2.29. The van der Waals surface area contributed by atoms with E-state index in [1.165, 1.54) is 39.6 Å². The average molecular weight is 281 g/mol. The highest BCUT2D eigenvalue weighted by atomic mass is 32.1. The highest BCUT2D eigenvalue weighted by molar-refractivity contribution is 7.13. The first-order valence-electron chi connectivity index (χ1n) is 7.26. The van der Waals surface area contributed by atoms with Crippen LogP contribution < -0.4 is 0 Å². The van der Waals surface area contributed by atoms with Crippen LogP contribution in [0.3, 0.4) is 0 Å². The maximum absolute atomic E-state index is 4.24. The molecule has 0 unspecified atom stereocenters. The van der Waals surface area contributed by atoms with Crippen LogP contribution in [-0.2, 0) is 0 Å². The first kappa shape index (κ1) is 13.3. The molecule has 0 amide bonds. The molecule has 0 atom stereocenters. The van der Waals surface area contributed by atoms with Gasteiger partial charge in [0.15, 0.2) is 0 Å². The van der Waals surface area contributed by atoms with Gasteiger partial charge in [-0.25, -0.2) is 0 Å². The van der Waals surface area contributed by atoms with E-state index >= 15 is 0 Å². The SMILES string of the molecule is CCC(CC)c1ccc(-c2ccc3sncc3c2)cc1. The van der Waals surface area contributed by atoms with Crippen LogP contribution in [0.5, 0.6) is 0 Å².